The van der Waals surface area contributed by atoms with Crippen molar-refractivity contribution >= 4 is 21.8 Å². The molecule has 1 aromatic carbocycles. The summed E-state index contributed by atoms with van der Waals surface area (Å²) in [6.07, 6.45) is 0.0173. The van der Waals surface area contributed by atoms with E-state index in [1.165, 1.54) is 20.2 Å². The van der Waals surface area contributed by atoms with Gasteiger partial charge in [-0.3, -0.25) is 9.10 Å². The van der Waals surface area contributed by atoms with E-state index in [0.29, 0.717) is 11.1 Å². The Bertz CT molecular complexity index is 639. The molecule has 1 fully saturated rings. The van der Waals surface area contributed by atoms with Crippen LogP contribution in [0, 0.1) is 4.78 Å². The number of methoxy groups -OCH3 is 1. The fraction of sp³-hybridized carbons (Fsp3) is 0.333. The molecular formula is C12H14N2O4S. The maximum atomic E-state index is 12.3. The van der Waals surface area contributed by atoms with Gasteiger partial charge in [-0.25, -0.2) is 13.8 Å². The smallest absolute Gasteiger partial charge is 0.337 e. The summed E-state index contributed by atoms with van der Waals surface area (Å²) in [6, 6.07) is 6.39. The largest absolute Gasteiger partial charge is 0.465 e. The van der Waals surface area contributed by atoms with Gasteiger partial charge >= 0.3 is 5.97 Å². The topological polar surface area (TPSA) is 87.5 Å². The van der Waals surface area contributed by atoms with Crippen LogP contribution in [0.4, 0.5) is 0 Å². The number of hydrogen-bond donors (Lipinski definition) is 1. The van der Waals surface area contributed by atoms with Gasteiger partial charge in [0, 0.05) is 13.5 Å². The normalized spacial score (nSPS) is 26.5. The average molecular weight is 282 g/mol. The molecule has 19 heavy (non-hydrogen) atoms. The molecule has 1 aliphatic heterocycles. The summed E-state index contributed by atoms with van der Waals surface area (Å²) in [7, 11) is -0.549. The highest BCUT2D eigenvalue weighted by Crippen LogP contribution is 2.35. The number of nitrogens with zero attached hydrogens (tertiary/aromatic N) is 1. The summed E-state index contributed by atoms with van der Waals surface area (Å²) in [5, 5.41) is -0.713. The maximum Gasteiger partial charge on any atom is 0.337 e. The van der Waals surface area contributed by atoms with Crippen LogP contribution in [0.1, 0.15) is 27.6 Å². The Morgan fingerprint density at radius 3 is 2.74 bits per heavy atom. The van der Waals surface area contributed by atoms with E-state index in [0.717, 1.165) is 4.31 Å². The van der Waals surface area contributed by atoms with E-state index in [1.54, 1.807) is 18.2 Å². The highest BCUT2D eigenvalue weighted by molar-refractivity contribution is 7.91. The van der Waals surface area contributed by atoms with E-state index >= 15 is 0 Å². The van der Waals surface area contributed by atoms with Gasteiger partial charge in [-0.15, -0.1) is 0 Å². The SMILES string of the molecule is COC(=O)c1cccc(C2CC(=O)N(C)S2(=N)=O)c1. The number of amides is 1. The van der Waals surface area contributed by atoms with Gasteiger partial charge in [-0.1, -0.05) is 12.1 Å². The van der Waals surface area contributed by atoms with Crippen molar-refractivity contribution < 1.29 is 18.5 Å². The van der Waals surface area contributed by atoms with Crippen molar-refractivity contribution in [3.05, 3.63) is 35.4 Å². The zero-order chi connectivity index (χ0) is 14.2. The highest BCUT2D eigenvalue weighted by atomic mass is 32.2. The number of carbonyl (C=O) groups excluding carboxylic acids is 2. The number of rotatable bonds is 2. The Balaban J connectivity index is 2.44. The fourth-order valence-corrected chi connectivity index (χ4v) is 3.67. The average Bonchev–Trinajstić information content (AvgIpc) is 2.61. The van der Waals surface area contributed by atoms with E-state index in [4.69, 9.17) is 4.78 Å². The Kier molecular flexibility index (Phi) is 3.32. The molecule has 0 bridgehead atoms. The van der Waals surface area contributed by atoms with Gasteiger partial charge in [-0.05, 0) is 17.7 Å². The third-order valence-electron chi connectivity index (χ3n) is 3.18. The van der Waals surface area contributed by atoms with Crippen molar-refractivity contribution in [2.75, 3.05) is 14.2 Å². The summed E-state index contributed by atoms with van der Waals surface area (Å²) >= 11 is 0. The summed E-state index contributed by atoms with van der Waals surface area (Å²) in [5.41, 5.74) is 0.859. The summed E-state index contributed by atoms with van der Waals surface area (Å²) in [4.78, 5) is 23.0. The van der Waals surface area contributed by atoms with Crippen LogP contribution in [-0.2, 0) is 19.4 Å². The second kappa shape index (κ2) is 4.65. The molecule has 7 heteroatoms. The lowest BCUT2D eigenvalue weighted by Gasteiger charge is -2.15. The molecule has 2 atom stereocenters. The summed E-state index contributed by atoms with van der Waals surface area (Å²) in [6.45, 7) is 0. The van der Waals surface area contributed by atoms with Crippen LogP contribution in [0.5, 0.6) is 0 Å². The quantitative estimate of drug-likeness (QED) is 0.829. The molecule has 1 amide bonds. The third kappa shape index (κ3) is 2.21. The lowest BCUT2D eigenvalue weighted by molar-refractivity contribution is -0.124. The number of carbonyl (C=O) groups is 2. The second-order valence-corrected chi connectivity index (χ2v) is 6.52. The van der Waals surface area contributed by atoms with Gasteiger partial charge in [0.2, 0.25) is 5.91 Å². The molecule has 1 aromatic rings. The molecule has 1 N–H and O–H groups in total. The summed E-state index contributed by atoms with van der Waals surface area (Å²) in [5.74, 6) is -0.829. The van der Waals surface area contributed by atoms with Gasteiger partial charge in [0.1, 0.15) is 9.92 Å². The molecule has 0 spiro atoms. The van der Waals surface area contributed by atoms with Crippen molar-refractivity contribution in [3.63, 3.8) is 0 Å². The minimum absolute atomic E-state index is 0.0173. The molecule has 2 rings (SSSR count). The van der Waals surface area contributed by atoms with Crippen LogP contribution in [0.15, 0.2) is 24.3 Å². The molecule has 1 aliphatic rings. The number of esters is 1. The standard InChI is InChI=1S/C12H14N2O4S/c1-14-11(15)7-10(19(14,13)17)8-4-3-5-9(6-8)12(16)18-2/h3-6,10,13H,7H2,1-2H3. The molecule has 0 saturated carbocycles. The predicted molar refractivity (Wildman–Crippen MR) is 68.8 cm³/mol. The molecule has 6 nitrogen and oxygen atoms in total. The number of hydrogen-bond acceptors (Lipinski definition) is 5. The molecule has 1 saturated heterocycles. The van der Waals surface area contributed by atoms with Crippen LogP contribution in [0.3, 0.4) is 0 Å². The van der Waals surface area contributed by atoms with Gasteiger partial charge in [-0.2, -0.15) is 0 Å². The minimum atomic E-state index is -3.19. The monoisotopic (exact) mass is 282 g/mol. The van der Waals surface area contributed by atoms with E-state index < -0.39 is 21.1 Å². The van der Waals surface area contributed by atoms with E-state index in [2.05, 4.69) is 4.74 Å². The summed E-state index contributed by atoms with van der Waals surface area (Å²) < 4.78 is 25.7. The molecule has 0 aliphatic carbocycles. The van der Waals surface area contributed by atoms with E-state index in [9.17, 15) is 13.8 Å². The van der Waals surface area contributed by atoms with Crippen LogP contribution >= 0.6 is 0 Å². The Morgan fingerprint density at radius 2 is 2.21 bits per heavy atom. The fourth-order valence-electron chi connectivity index (χ4n) is 2.03. The van der Waals surface area contributed by atoms with Crippen molar-refractivity contribution in [3.8, 4) is 0 Å². The van der Waals surface area contributed by atoms with Gasteiger partial charge in [0.05, 0.1) is 17.9 Å². The van der Waals surface area contributed by atoms with Crippen molar-refractivity contribution in [2.24, 2.45) is 0 Å². The van der Waals surface area contributed by atoms with E-state index in [-0.39, 0.29) is 12.3 Å². The molecule has 0 radical (unpaired) electrons. The first-order valence-electron chi connectivity index (χ1n) is 5.60. The molecule has 102 valence electrons. The highest BCUT2D eigenvalue weighted by Gasteiger charge is 2.40. The van der Waals surface area contributed by atoms with Crippen molar-refractivity contribution in [1.29, 1.82) is 4.78 Å². The Morgan fingerprint density at radius 1 is 1.53 bits per heavy atom. The molecular weight excluding hydrogens is 268 g/mol. The lowest BCUT2D eigenvalue weighted by atomic mass is 10.1. The van der Waals surface area contributed by atoms with E-state index in [1.807, 2.05) is 0 Å². The van der Waals surface area contributed by atoms with Crippen LogP contribution in [0.2, 0.25) is 0 Å². The lowest BCUT2D eigenvalue weighted by Crippen LogP contribution is -2.24. The minimum Gasteiger partial charge on any atom is -0.465 e. The molecule has 2 unspecified atom stereocenters. The predicted octanol–water partition coefficient (Wildman–Crippen LogP) is 1.34. The van der Waals surface area contributed by atoms with Crippen LogP contribution < -0.4 is 0 Å². The number of nitrogens with one attached hydrogen (secondary N) is 1. The van der Waals surface area contributed by atoms with Gasteiger partial charge in [0.25, 0.3) is 0 Å². The van der Waals surface area contributed by atoms with Gasteiger partial charge < -0.3 is 4.74 Å². The van der Waals surface area contributed by atoms with Crippen LogP contribution in [-0.4, -0.2) is 34.5 Å². The van der Waals surface area contributed by atoms with Crippen molar-refractivity contribution in [2.45, 2.75) is 11.7 Å². The molecule has 0 aromatic heterocycles. The Hall–Kier alpha value is -1.89. The number of benzene rings is 1. The van der Waals surface area contributed by atoms with Crippen molar-refractivity contribution in [1.82, 2.24) is 4.31 Å². The molecule has 1 heterocycles. The first kappa shape index (κ1) is 13.5. The second-order valence-electron chi connectivity index (χ2n) is 4.27. The first-order valence-corrected chi connectivity index (χ1v) is 7.18. The first-order chi connectivity index (χ1) is 8.87. The Labute approximate surface area is 111 Å². The zero-order valence-electron chi connectivity index (χ0n) is 10.6. The zero-order valence-corrected chi connectivity index (χ0v) is 11.4. The number of ether oxygens (including phenoxy) is 1. The van der Waals surface area contributed by atoms with Gasteiger partial charge in [0.15, 0.2) is 0 Å². The third-order valence-corrected chi connectivity index (χ3v) is 5.41. The maximum absolute atomic E-state index is 12.3. The van der Waals surface area contributed by atoms with Crippen LogP contribution in [0.25, 0.3) is 0 Å².